The number of benzene rings is 1. The Kier molecular flexibility index (Phi) is 3.46. The smallest absolute Gasteiger partial charge is 0.305 e. The molecule has 0 radical (unpaired) electrons. The van der Waals surface area contributed by atoms with Crippen molar-refractivity contribution in [3.05, 3.63) is 33.4 Å². The molecule has 1 saturated carbocycles. The Hall–Kier alpha value is -2.79. The number of Topliss-reactive ketones (excluding diaryl/α,β-unsaturated/α-hetero) is 2. The summed E-state index contributed by atoms with van der Waals surface area (Å²) in [6.45, 7) is 3.09. The van der Waals surface area contributed by atoms with E-state index < -0.39 is 76.1 Å². The van der Waals surface area contributed by atoms with Crippen LogP contribution in [0.1, 0.15) is 58.2 Å². The van der Waals surface area contributed by atoms with E-state index in [0.29, 0.717) is 0 Å². The third-order valence-electron chi connectivity index (χ3n) is 7.90. The average molecular weight is 444 g/mol. The second-order valence-corrected chi connectivity index (χ2v) is 9.24. The highest BCUT2D eigenvalue weighted by molar-refractivity contribution is 6.32. The maximum Gasteiger partial charge on any atom is 0.305 e. The maximum atomic E-state index is 13.5. The minimum atomic E-state index is -1.70. The second-order valence-electron chi connectivity index (χ2n) is 9.24. The number of hydrogen-bond donors (Lipinski definition) is 5. The van der Waals surface area contributed by atoms with Gasteiger partial charge in [0.1, 0.15) is 29.3 Å². The first-order chi connectivity index (χ1) is 15.0. The molecule has 3 aliphatic carbocycles. The molecule has 2 aliphatic heterocycles. The lowest BCUT2D eigenvalue weighted by molar-refractivity contribution is -0.141. The zero-order valence-electron chi connectivity index (χ0n) is 17.1. The van der Waals surface area contributed by atoms with Crippen LogP contribution in [-0.2, 0) is 20.7 Å². The number of fused-ring (bicyclic) bond motifs is 3. The van der Waals surface area contributed by atoms with Crippen molar-refractivity contribution in [1.29, 1.82) is 0 Å². The molecule has 1 saturated heterocycles. The number of aromatic hydroxyl groups is 2. The van der Waals surface area contributed by atoms with E-state index in [1.807, 2.05) is 0 Å². The fraction of sp³-hybridized carbons (Fsp3) is 0.500. The van der Waals surface area contributed by atoms with Gasteiger partial charge in [0.25, 0.3) is 0 Å². The van der Waals surface area contributed by atoms with Crippen molar-refractivity contribution in [1.82, 2.24) is 0 Å². The van der Waals surface area contributed by atoms with Gasteiger partial charge in [0.05, 0.1) is 41.3 Å². The van der Waals surface area contributed by atoms with Gasteiger partial charge in [-0.05, 0) is 13.8 Å². The van der Waals surface area contributed by atoms with Crippen LogP contribution in [0.15, 0.2) is 11.1 Å². The molecule has 5 N–H and O–H groups in total. The largest absolute Gasteiger partial charge is 0.507 e. The quantitative estimate of drug-likeness (QED) is 0.395. The van der Waals surface area contributed by atoms with Gasteiger partial charge in [-0.3, -0.25) is 14.4 Å². The number of ether oxygens (including phenoxy) is 2. The highest BCUT2D eigenvalue weighted by Gasteiger charge is 2.93. The molecule has 1 spiro atoms. The Morgan fingerprint density at radius 1 is 1.09 bits per heavy atom. The number of phenols is 2. The zero-order chi connectivity index (χ0) is 23.1. The van der Waals surface area contributed by atoms with Crippen LogP contribution in [0.3, 0.4) is 0 Å². The van der Waals surface area contributed by atoms with Crippen LogP contribution in [0, 0.1) is 5.41 Å². The molecule has 10 heteroatoms. The van der Waals surface area contributed by atoms with Crippen LogP contribution in [0.25, 0.3) is 0 Å². The number of hydrogen-bond acceptors (Lipinski definition) is 9. The molecule has 0 bridgehead atoms. The Bertz CT molecular complexity index is 1210. The summed E-state index contributed by atoms with van der Waals surface area (Å²) in [5, 5.41) is 52.5. The molecule has 5 aliphatic rings. The summed E-state index contributed by atoms with van der Waals surface area (Å²) in [6.07, 6.45) is -5.13. The number of aliphatic hydroxyl groups is 2. The van der Waals surface area contributed by atoms with E-state index in [1.54, 1.807) is 13.8 Å². The van der Waals surface area contributed by atoms with Gasteiger partial charge in [-0.2, -0.15) is 0 Å². The monoisotopic (exact) mass is 444 g/mol. The van der Waals surface area contributed by atoms with Crippen LogP contribution in [0.2, 0.25) is 0 Å². The molecule has 2 fully saturated rings. The molecule has 6 rings (SSSR count). The predicted octanol–water partition coefficient (Wildman–Crippen LogP) is 0.143. The van der Waals surface area contributed by atoms with Gasteiger partial charge < -0.3 is 35.0 Å². The number of ketones is 2. The molecule has 1 aromatic rings. The molecular formula is C22H20O10. The molecule has 7 atom stereocenters. The lowest BCUT2D eigenvalue weighted by atomic mass is 9.61. The minimum absolute atomic E-state index is 0.0290. The number of carboxylic acid groups (broad SMARTS) is 1. The third kappa shape index (κ3) is 1.79. The summed E-state index contributed by atoms with van der Waals surface area (Å²) < 4.78 is 11.3. The molecular weight excluding hydrogens is 424 g/mol. The van der Waals surface area contributed by atoms with Crippen molar-refractivity contribution >= 4 is 17.5 Å². The number of aliphatic hydroxyl groups excluding tert-OH is 1. The van der Waals surface area contributed by atoms with Crippen molar-refractivity contribution in [2.75, 3.05) is 0 Å². The number of carboxylic acids is 1. The summed E-state index contributed by atoms with van der Waals surface area (Å²) >= 11 is 0. The van der Waals surface area contributed by atoms with E-state index >= 15 is 0 Å². The van der Waals surface area contributed by atoms with Crippen LogP contribution < -0.4 is 0 Å². The first-order valence-corrected chi connectivity index (χ1v) is 10.4. The van der Waals surface area contributed by atoms with Gasteiger partial charge in [-0.25, -0.2) is 0 Å². The topological polar surface area (TPSA) is 171 Å². The van der Waals surface area contributed by atoms with E-state index in [4.69, 9.17) is 14.6 Å². The van der Waals surface area contributed by atoms with Gasteiger partial charge in [0.2, 0.25) is 0 Å². The van der Waals surface area contributed by atoms with Crippen LogP contribution in [0.4, 0.5) is 0 Å². The van der Waals surface area contributed by atoms with Crippen molar-refractivity contribution in [3.8, 4) is 11.5 Å². The molecule has 32 heavy (non-hydrogen) atoms. The normalized spacial score (nSPS) is 40.7. The molecule has 0 aromatic heterocycles. The third-order valence-corrected chi connectivity index (χ3v) is 7.90. The van der Waals surface area contributed by atoms with Gasteiger partial charge in [-0.1, -0.05) is 0 Å². The Morgan fingerprint density at radius 3 is 2.38 bits per heavy atom. The lowest BCUT2D eigenvalue weighted by Crippen LogP contribution is -2.49. The molecule has 5 unspecified atom stereocenters. The van der Waals surface area contributed by atoms with E-state index in [9.17, 15) is 34.8 Å². The number of carbonyl (C=O) groups excluding carboxylic acids is 2. The predicted molar refractivity (Wildman–Crippen MR) is 102 cm³/mol. The molecule has 10 nitrogen and oxygen atoms in total. The molecule has 0 amide bonds. The van der Waals surface area contributed by atoms with E-state index in [1.165, 1.54) is 0 Å². The van der Waals surface area contributed by atoms with E-state index in [0.717, 1.165) is 0 Å². The summed E-state index contributed by atoms with van der Waals surface area (Å²) in [5.41, 5.74) is -3.72. The fourth-order valence-corrected chi connectivity index (χ4v) is 6.48. The second kappa shape index (κ2) is 5.57. The average Bonchev–Trinajstić information content (AvgIpc) is 3.15. The van der Waals surface area contributed by atoms with Crippen molar-refractivity contribution in [2.24, 2.45) is 5.41 Å². The fourth-order valence-electron chi connectivity index (χ4n) is 6.48. The summed E-state index contributed by atoms with van der Waals surface area (Å²) in [7, 11) is 0. The molecule has 2 heterocycles. The Labute approximate surface area is 180 Å². The zero-order valence-corrected chi connectivity index (χ0v) is 17.1. The van der Waals surface area contributed by atoms with Crippen molar-refractivity contribution in [2.45, 2.75) is 62.8 Å². The van der Waals surface area contributed by atoms with Gasteiger partial charge in [0, 0.05) is 28.7 Å². The summed E-state index contributed by atoms with van der Waals surface area (Å²) in [5.74, 6) is -3.60. The van der Waals surface area contributed by atoms with Crippen molar-refractivity contribution < 1.29 is 49.4 Å². The minimum Gasteiger partial charge on any atom is -0.507 e. The van der Waals surface area contributed by atoms with Crippen LogP contribution in [-0.4, -0.2) is 73.1 Å². The number of carbonyl (C=O) groups is 3. The maximum absolute atomic E-state index is 13.5. The Morgan fingerprint density at radius 2 is 1.75 bits per heavy atom. The van der Waals surface area contributed by atoms with Gasteiger partial charge in [-0.15, -0.1) is 0 Å². The van der Waals surface area contributed by atoms with Crippen LogP contribution >= 0.6 is 0 Å². The molecule has 168 valence electrons. The SMILES string of the molecule is CC1OC2C3=C(C(=O)c4c(O)c5c(c(O)c4C3=O)C[C@H](CC(=O)O)O[C@H]5C)C23C(O)C13O. The lowest BCUT2D eigenvalue weighted by Gasteiger charge is -2.42. The van der Waals surface area contributed by atoms with Crippen LogP contribution in [0.5, 0.6) is 11.5 Å². The standard InChI is InChI=1S/C22H20O10/c1-5-10-8(3-7(31-5)4-9(23)24)15(25)11-12(16(10)26)18(28)14-13(17(11)27)19-21(14)20(29)22(21,30)6(2)32-19/h5-7,19-20,25-26,29-30H,3-4H2,1-2H3,(H,23,24)/t5-,6?,7+,19?,20?,21?,22?/m0/s1. The van der Waals surface area contributed by atoms with Gasteiger partial charge >= 0.3 is 5.97 Å². The Balaban J connectivity index is 1.53. The van der Waals surface area contributed by atoms with Crippen molar-refractivity contribution in [3.63, 3.8) is 0 Å². The van der Waals surface area contributed by atoms with E-state index in [-0.39, 0.29) is 40.7 Å². The summed E-state index contributed by atoms with van der Waals surface area (Å²) in [4.78, 5) is 38.0. The summed E-state index contributed by atoms with van der Waals surface area (Å²) in [6, 6.07) is 0. The number of rotatable bonds is 2. The number of phenolic OH excluding ortho intramolecular Hbond substituents is 2. The number of aliphatic carboxylic acids is 1. The molecule has 1 aromatic carbocycles. The first kappa shape index (κ1) is 19.9. The highest BCUT2D eigenvalue weighted by atomic mass is 16.5. The van der Waals surface area contributed by atoms with Gasteiger partial charge in [0.15, 0.2) is 11.6 Å². The first-order valence-electron chi connectivity index (χ1n) is 10.4. The highest BCUT2D eigenvalue weighted by Crippen LogP contribution is 2.78. The van der Waals surface area contributed by atoms with E-state index in [2.05, 4.69) is 0 Å².